The molecule has 8 N–H and O–H groups in total. The van der Waals surface area contributed by atoms with E-state index in [0.717, 1.165) is 5.56 Å². The first-order chi connectivity index (χ1) is 17.5. The maximum atomic E-state index is 13.1. The molecule has 12 heteroatoms. The molecule has 0 fully saturated rings. The second kappa shape index (κ2) is 14.2. The van der Waals surface area contributed by atoms with E-state index in [9.17, 15) is 29.4 Å². The third-order valence-corrected chi connectivity index (χ3v) is 5.56. The monoisotopic (exact) mass is 534 g/mol. The Labute approximate surface area is 219 Å². The van der Waals surface area contributed by atoms with Gasteiger partial charge in [-0.2, -0.15) is 0 Å². The molecule has 11 nitrogen and oxygen atoms in total. The summed E-state index contributed by atoms with van der Waals surface area (Å²) in [5.74, 6) is -3.72. The van der Waals surface area contributed by atoms with Crippen LogP contribution in [0.1, 0.15) is 35.7 Å². The quantitative estimate of drug-likeness (QED) is 0.203. The van der Waals surface area contributed by atoms with Gasteiger partial charge >= 0.3 is 5.97 Å². The number of nitrogens with one attached hydrogen (secondary N) is 2. The summed E-state index contributed by atoms with van der Waals surface area (Å²) in [6.45, 7) is 1.27. The van der Waals surface area contributed by atoms with Gasteiger partial charge in [0.25, 0.3) is 5.91 Å². The molecule has 0 saturated heterocycles. The Morgan fingerprint density at radius 2 is 1.76 bits per heavy atom. The summed E-state index contributed by atoms with van der Waals surface area (Å²) >= 11 is 6.08. The van der Waals surface area contributed by atoms with E-state index in [1.54, 1.807) is 0 Å². The number of aliphatic carboxylic acids is 1. The highest BCUT2D eigenvalue weighted by Gasteiger charge is 2.30. The molecular weight excluding hydrogens is 504 g/mol. The van der Waals surface area contributed by atoms with Gasteiger partial charge in [0.05, 0.1) is 11.7 Å². The molecule has 0 aliphatic carbocycles. The average Bonchev–Trinajstić information content (AvgIpc) is 2.84. The zero-order valence-corrected chi connectivity index (χ0v) is 21.0. The van der Waals surface area contributed by atoms with Crippen LogP contribution in [-0.2, 0) is 20.8 Å². The summed E-state index contributed by atoms with van der Waals surface area (Å²) in [7, 11) is 0. The molecule has 0 saturated carbocycles. The van der Waals surface area contributed by atoms with Gasteiger partial charge in [0.2, 0.25) is 11.8 Å². The van der Waals surface area contributed by atoms with Gasteiger partial charge in [-0.3, -0.25) is 14.4 Å². The number of amides is 3. The number of benzene rings is 2. The number of carbonyl (C=O) groups excluding carboxylic acids is 3. The molecule has 3 amide bonds. The number of carboxylic acids is 1. The Kier molecular flexibility index (Phi) is 11.3. The number of hydrogen-bond acceptors (Lipinski definition) is 7. The maximum absolute atomic E-state index is 13.1. The molecule has 37 heavy (non-hydrogen) atoms. The predicted molar refractivity (Wildman–Crippen MR) is 136 cm³/mol. The lowest BCUT2D eigenvalue weighted by molar-refractivity contribution is -0.145. The Balaban J connectivity index is 2.17. The van der Waals surface area contributed by atoms with Crippen molar-refractivity contribution in [2.24, 2.45) is 11.5 Å². The summed E-state index contributed by atoms with van der Waals surface area (Å²) in [5, 5.41) is 23.7. The van der Waals surface area contributed by atoms with Gasteiger partial charge in [0.15, 0.2) is 6.04 Å². The maximum Gasteiger partial charge on any atom is 0.328 e. The molecule has 2 rings (SSSR count). The average molecular weight is 535 g/mol. The van der Waals surface area contributed by atoms with Crippen LogP contribution < -0.4 is 26.8 Å². The number of carbonyl (C=O) groups is 4. The van der Waals surface area contributed by atoms with Crippen molar-refractivity contribution in [1.29, 1.82) is 0 Å². The molecule has 200 valence electrons. The SMILES string of the molecule is C[C@@H](O)[C@H](NC(=O)[C@H](CCC(N)=O)NC(=O)c1cc(Cl)ccc1OC[C@@H](N)Cc1ccccc1)C(=O)O. The molecule has 0 radical (unpaired) electrons. The van der Waals surface area contributed by atoms with E-state index >= 15 is 0 Å². The molecule has 0 heterocycles. The molecule has 0 spiro atoms. The highest BCUT2D eigenvalue weighted by molar-refractivity contribution is 6.31. The largest absolute Gasteiger partial charge is 0.491 e. The molecule has 2 aromatic rings. The summed E-state index contributed by atoms with van der Waals surface area (Å²) < 4.78 is 5.79. The predicted octanol–water partition coefficient (Wildman–Crippen LogP) is 0.603. The molecule has 4 atom stereocenters. The number of rotatable bonds is 14. The number of aliphatic hydroxyl groups excluding tert-OH is 1. The topological polar surface area (TPSA) is 194 Å². The molecular formula is C25H31ClN4O7. The van der Waals surface area contributed by atoms with Crippen LogP contribution in [0.4, 0.5) is 0 Å². The van der Waals surface area contributed by atoms with Gasteiger partial charge in [0.1, 0.15) is 18.4 Å². The number of ether oxygens (including phenoxy) is 1. The molecule has 0 aliphatic rings. The normalized spacial score (nSPS) is 14.1. The first-order valence-corrected chi connectivity index (χ1v) is 11.9. The number of nitrogens with two attached hydrogens (primary N) is 2. The van der Waals surface area contributed by atoms with Crippen LogP contribution in [-0.4, -0.2) is 64.7 Å². The van der Waals surface area contributed by atoms with E-state index in [0.29, 0.717) is 6.42 Å². The van der Waals surface area contributed by atoms with Crippen molar-refractivity contribution in [3.05, 3.63) is 64.7 Å². The minimum absolute atomic E-state index is 0.00148. The molecule has 2 aromatic carbocycles. The first-order valence-electron chi connectivity index (χ1n) is 11.5. The standard InChI is InChI=1S/C25H31ClN4O7/c1-14(31)22(25(35)36)30-24(34)19(8-10-21(28)32)29-23(33)18-12-16(26)7-9-20(18)37-13-17(27)11-15-5-3-2-4-6-15/h2-7,9,12,14,17,19,22,31H,8,10-11,13,27H2,1H3,(H2,28,32)(H,29,33)(H,30,34)(H,35,36)/t14-,17+,19+,22+/m1/s1. The van der Waals surface area contributed by atoms with Crippen molar-refractivity contribution >= 4 is 35.3 Å². The van der Waals surface area contributed by atoms with Crippen LogP contribution in [0.5, 0.6) is 5.75 Å². The van der Waals surface area contributed by atoms with Crippen LogP contribution in [0, 0.1) is 0 Å². The molecule has 0 unspecified atom stereocenters. The number of halogens is 1. The highest BCUT2D eigenvalue weighted by atomic mass is 35.5. The van der Waals surface area contributed by atoms with Crippen molar-refractivity contribution in [3.8, 4) is 5.75 Å². The van der Waals surface area contributed by atoms with Crippen LogP contribution >= 0.6 is 11.6 Å². The Hall–Kier alpha value is -3.67. The van der Waals surface area contributed by atoms with E-state index < -0.39 is 41.9 Å². The van der Waals surface area contributed by atoms with E-state index in [1.807, 2.05) is 30.3 Å². The second-order valence-corrected chi connectivity index (χ2v) is 8.93. The van der Waals surface area contributed by atoms with Crippen LogP contribution in [0.15, 0.2) is 48.5 Å². The van der Waals surface area contributed by atoms with Gasteiger partial charge in [-0.15, -0.1) is 0 Å². The summed E-state index contributed by atoms with van der Waals surface area (Å²) in [5.41, 5.74) is 12.4. The molecule has 0 aliphatic heterocycles. The third kappa shape index (κ3) is 9.71. The van der Waals surface area contributed by atoms with E-state index in [2.05, 4.69) is 10.6 Å². The Morgan fingerprint density at radius 1 is 1.08 bits per heavy atom. The van der Waals surface area contributed by atoms with Crippen molar-refractivity contribution in [1.82, 2.24) is 10.6 Å². The highest BCUT2D eigenvalue weighted by Crippen LogP contribution is 2.23. The number of hydrogen-bond donors (Lipinski definition) is 6. The number of aliphatic hydroxyl groups is 1. The van der Waals surface area contributed by atoms with Gasteiger partial charge in [0, 0.05) is 17.5 Å². The fourth-order valence-corrected chi connectivity index (χ4v) is 3.58. The van der Waals surface area contributed by atoms with Gasteiger partial charge in [-0.25, -0.2) is 4.79 Å². The Morgan fingerprint density at radius 3 is 2.35 bits per heavy atom. The summed E-state index contributed by atoms with van der Waals surface area (Å²) in [4.78, 5) is 48.5. The van der Waals surface area contributed by atoms with E-state index in [4.69, 9.17) is 27.8 Å². The van der Waals surface area contributed by atoms with Gasteiger partial charge < -0.3 is 37.1 Å². The van der Waals surface area contributed by atoms with E-state index in [1.165, 1.54) is 25.1 Å². The zero-order chi connectivity index (χ0) is 27.5. The van der Waals surface area contributed by atoms with Crippen molar-refractivity contribution < 1.29 is 34.1 Å². The van der Waals surface area contributed by atoms with Crippen molar-refractivity contribution in [3.63, 3.8) is 0 Å². The smallest absolute Gasteiger partial charge is 0.328 e. The summed E-state index contributed by atoms with van der Waals surface area (Å²) in [6, 6.07) is 10.6. The number of primary amides is 1. The minimum Gasteiger partial charge on any atom is -0.491 e. The number of carboxylic acid groups (broad SMARTS) is 1. The first kappa shape index (κ1) is 29.6. The van der Waals surface area contributed by atoms with Crippen molar-refractivity contribution in [2.75, 3.05) is 6.61 Å². The lowest BCUT2D eigenvalue weighted by atomic mass is 10.1. The van der Waals surface area contributed by atoms with Crippen LogP contribution in [0.25, 0.3) is 0 Å². The van der Waals surface area contributed by atoms with Gasteiger partial charge in [-0.1, -0.05) is 41.9 Å². The van der Waals surface area contributed by atoms with E-state index in [-0.39, 0.29) is 41.8 Å². The molecule has 0 aromatic heterocycles. The van der Waals surface area contributed by atoms with Crippen molar-refractivity contribution in [2.45, 2.75) is 50.4 Å². The fourth-order valence-electron chi connectivity index (χ4n) is 3.41. The Bertz CT molecular complexity index is 1100. The van der Waals surface area contributed by atoms with Crippen LogP contribution in [0.2, 0.25) is 5.02 Å². The fraction of sp³-hybridized carbons (Fsp3) is 0.360. The van der Waals surface area contributed by atoms with Crippen LogP contribution in [0.3, 0.4) is 0 Å². The zero-order valence-electron chi connectivity index (χ0n) is 20.2. The molecule has 0 bridgehead atoms. The van der Waals surface area contributed by atoms with Gasteiger partial charge in [-0.05, 0) is 43.5 Å². The summed E-state index contributed by atoms with van der Waals surface area (Å²) in [6.07, 6.45) is -1.35. The second-order valence-electron chi connectivity index (χ2n) is 8.50. The lowest BCUT2D eigenvalue weighted by Gasteiger charge is -2.23. The third-order valence-electron chi connectivity index (χ3n) is 5.33. The lowest BCUT2D eigenvalue weighted by Crippen LogP contribution is -2.54. The minimum atomic E-state index is -1.63.